The van der Waals surface area contributed by atoms with Gasteiger partial charge in [-0.15, -0.1) is 0 Å². The number of nitrogens with zero attached hydrogens (tertiary/aromatic N) is 1. The zero-order valence-electron chi connectivity index (χ0n) is 10.4. The van der Waals surface area contributed by atoms with Gasteiger partial charge in [0.1, 0.15) is 0 Å². The molecule has 2 aromatic rings. The van der Waals surface area contributed by atoms with Crippen LogP contribution in [0.2, 0.25) is 0 Å². The second kappa shape index (κ2) is 5.47. The van der Waals surface area contributed by atoms with Gasteiger partial charge in [0.15, 0.2) is 0 Å². The number of nitro benzene ring substituents is 1. The molecule has 20 heavy (non-hydrogen) atoms. The molecule has 0 atom stereocenters. The predicted octanol–water partition coefficient (Wildman–Crippen LogP) is 2.99. The van der Waals surface area contributed by atoms with Gasteiger partial charge in [0.2, 0.25) is 0 Å². The molecule has 0 aliphatic heterocycles. The maximum absolute atomic E-state index is 11.3. The van der Waals surface area contributed by atoms with E-state index in [4.69, 9.17) is 0 Å². The monoisotopic (exact) mass is 359 g/mol. The standard InChI is InChI=1S/C12H10BrNO5S/c1-20(17,18)19-7-9-3-2-8-4-5-10(13)6-11(8)12(9)14(15)16/h2-6H,7H2,1H3. The molecule has 106 valence electrons. The lowest BCUT2D eigenvalue weighted by Crippen LogP contribution is -2.05. The maximum atomic E-state index is 11.3. The van der Waals surface area contributed by atoms with Gasteiger partial charge in [0, 0.05) is 4.47 Å². The molecule has 8 heteroatoms. The second-order valence-electron chi connectivity index (χ2n) is 4.16. The fourth-order valence-corrected chi connectivity index (χ4v) is 2.53. The van der Waals surface area contributed by atoms with Crippen LogP contribution in [0.25, 0.3) is 10.8 Å². The second-order valence-corrected chi connectivity index (χ2v) is 6.72. The Hall–Kier alpha value is -1.51. The number of hydrogen-bond donors (Lipinski definition) is 0. The van der Waals surface area contributed by atoms with Crippen molar-refractivity contribution in [2.24, 2.45) is 0 Å². The van der Waals surface area contributed by atoms with E-state index in [1.165, 1.54) is 6.07 Å². The lowest BCUT2D eigenvalue weighted by Gasteiger charge is -2.06. The van der Waals surface area contributed by atoms with Crippen LogP contribution in [0.1, 0.15) is 5.56 Å². The first-order chi connectivity index (χ1) is 9.28. The lowest BCUT2D eigenvalue weighted by atomic mass is 10.0. The summed E-state index contributed by atoms with van der Waals surface area (Å²) in [5.41, 5.74) is 0.0680. The smallest absolute Gasteiger partial charge is 0.265 e. The molecule has 0 heterocycles. The molecule has 0 unspecified atom stereocenters. The molecule has 0 fully saturated rings. The van der Waals surface area contributed by atoms with Crippen LogP contribution < -0.4 is 0 Å². The van der Waals surface area contributed by atoms with E-state index in [2.05, 4.69) is 20.1 Å². The first-order valence-electron chi connectivity index (χ1n) is 5.48. The molecular weight excluding hydrogens is 350 g/mol. The van der Waals surface area contributed by atoms with Crippen molar-refractivity contribution in [3.05, 3.63) is 50.5 Å². The average Bonchev–Trinajstić information content (AvgIpc) is 2.33. The van der Waals surface area contributed by atoms with Gasteiger partial charge in [-0.25, -0.2) is 0 Å². The zero-order chi connectivity index (χ0) is 14.9. The SMILES string of the molecule is CS(=O)(=O)OCc1ccc2ccc(Br)cc2c1[N+](=O)[O-]. The van der Waals surface area contributed by atoms with E-state index in [9.17, 15) is 18.5 Å². The molecule has 0 spiro atoms. The van der Waals surface area contributed by atoms with E-state index < -0.39 is 15.0 Å². The van der Waals surface area contributed by atoms with Gasteiger partial charge >= 0.3 is 0 Å². The van der Waals surface area contributed by atoms with E-state index >= 15 is 0 Å². The van der Waals surface area contributed by atoms with Gasteiger partial charge in [-0.1, -0.05) is 28.1 Å². The lowest BCUT2D eigenvalue weighted by molar-refractivity contribution is -0.384. The van der Waals surface area contributed by atoms with Crippen molar-refractivity contribution in [3.63, 3.8) is 0 Å². The van der Waals surface area contributed by atoms with E-state index in [-0.39, 0.29) is 17.9 Å². The van der Waals surface area contributed by atoms with Crippen molar-refractivity contribution < 1.29 is 17.5 Å². The Bertz CT molecular complexity index is 788. The van der Waals surface area contributed by atoms with Crippen LogP contribution in [0, 0.1) is 10.1 Å². The third-order valence-corrected chi connectivity index (χ3v) is 3.69. The summed E-state index contributed by atoms with van der Waals surface area (Å²) in [4.78, 5) is 10.7. The average molecular weight is 360 g/mol. The number of hydrogen-bond acceptors (Lipinski definition) is 5. The predicted molar refractivity (Wildman–Crippen MR) is 77.9 cm³/mol. The van der Waals surface area contributed by atoms with E-state index in [1.54, 1.807) is 24.3 Å². The number of nitro groups is 1. The Morgan fingerprint density at radius 3 is 2.55 bits per heavy atom. The van der Waals surface area contributed by atoms with Crippen molar-refractivity contribution in [3.8, 4) is 0 Å². The van der Waals surface area contributed by atoms with Crippen LogP contribution in [0.15, 0.2) is 34.8 Å². The minimum atomic E-state index is -3.66. The Morgan fingerprint density at radius 2 is 1.95 bits per heavy atom. The molecule has 0 amide bonds. The van der Waals surface area contributed by atoms with Crippen molar-refractivity contribution in [2.75, 3.05) is 6.26 Å². The first-order valence-corrected chi connectivity index (χ1v) is 8.09. The quantitative estimate of drug-likeness (QED) is 0.475. The normalized spacial score (nSPS) is 11.7. The molecule has 0 saturated carbocycles. The minimum Gasteiger partial charge on any atom is -0.265 e. The highest BCUT2D eigenvalue weighted by Crippen LogP contribution is 2.32. The summed E-state index contributed by atoms with van der Waals surface area (Å²) in [5.74, 6) is 0. The highest BCUT2D eigenvalue weighted by molar-refractivity contribution is 9.10. The Morgan fingerprint density at radius 1 is 1.30 bits per heavy atom. The van der Waals surface area contributed by atoms with E-state index in [0.717, 1.165) is 6.26 Å². The van der Waals surface area contributed by atoms with Gasteiger partial charge in [0.25, 0.3) is 15.8 Å². The number of halogens is 1. The molecule has 0 radical (unpaired) electrons. The minimum absolute atomic E-state index is 0.146. The number of benzene rings is 2. The van der Waals surface area contributed by atoms with Crippen LogP contribution in [-0.4, -0.2) is 19.6 Å². The third kappa shape index (κ3) is 3.33. The summed E-state index contributed by atoms with van der Waals surface area (Å²) in [5, 5.41) is 12.4. The maximum Gasteiger partial charge on any atom is 0.282 e. The summed E-state index contributed by atoms with van der Waals surface area (Å²) < 4.78 is 27.4. The van der Waals surface area contributed by atoms with Crippen molar-refractivity contribution in [1.29, 1.82) is 0 Å². The Labute approximate surface area is 123 Å². The Kier molecular flexibility index (Phi) is 4.07. The van der Waals surface area contributed by atoms with Gasteiger partial charge in [0.05, 0.1) is 28.7 Å². The van der Waals surface area contributed by atoms with Crippen LogP contribution >= 0.6 is 15.9 Å². The van der Waals surface area contributed by atoms with Crippen LogP contribution in [0.3, 0.4) is 0 Å². The Balaban J connectivity index is 2.60. The molecule has 0 bridgehead atoms. The highest BCUT2D eigenvalue weighted by atomic mass is 79.9. The highest BCUT2D eigenvalue weighted by Gasteiger charge is 2.19. The number of fused-ring (bicyclic) bond motifs is 1. The fourth-order valence-electron chi connectivity index (χ4n) is 1.82. The molecule has 0 aromatic heterocycles. The molecular formula is C12H10BrNO5S. The van der Waals surface area contributed by atoms with Gasteiger partial charge in [-0.05, 0) is 23.6 Å². The summed E-state index contributed by atoms with van der Waals surface area (Å²) >= 11 is 3.26. The molecule has 2 aromatic carbocycles. The fraction of sp³-hybridized carbons (Fsp3) is 0.167. The summed E-state index contributed by atoms with van der Waals surface area (Å²) in [7, 11) is -3.66. The zero-order valence-corrected chi connectivity index (χ0v) is 12.8. The van der Waals surface area contributed by atoms with Crippen molar-refractivity contribution in [2.45, 2.75) is 6.61 Å². The van der Waals surface area contributed by atoms with Crippen LogP contribution in [0.4, 0.5) is 5.69 Å². The van der Waals surface area contributed by atoms with Crippen molar-refractivity contribution in [1.82, 2.24) is 0 Å². The van der Waals surface area contributed by atoms with E-state index in [0.29, 0.717) is 15.2 Å². The van der Waals surface area contributed by atoms with Crippen LogP contribution in [-0.2, 0) is 20.9 Å². The van der Waals surface area contributed by atoms with Crippen LogP contribution in [0.5, 0.6) is 0 Å². The summed E-state index contributed by atoms with van der Waals surface area (Å²) in [6, 6.07) is 8.33. The molecule has 0 saturated heterocycles. The summed E-state index contributed by atoms with van der Waals surface area (Å²) in [6.07, 6.45) is 0.899. The third-order valence-electron chi connectivity index (χ3n) is 2.65. The van der Waals surface area contributed by atoms with Gasteiger partial charge in [-0.2, -0.15) is 8.42 Å². The molecule has 0 aliphatic carbocycles. The van der Waals surface area contributed by atoms with Gasteiger partial charge < -0.3 is 0 Å². The molecule has 0 N–H and O–H groups in total. The topological polar surface area (TPSA) is 86.5 Å². The van der Waals surface area contributed by atoms with Crippen molar-refractivity contribution >= 4 is 42.5 Å². The first kappa shape index (κ1) is 14.9. The van der Waals surface area contributed by atoms with E-state index in [1.807, 2.05) is 0 Å². The largest absolute Gasteiger partial charge is 0.282 e. The molecule has 2 rings (SSSR count). The molecule has 0 aliphatic rings. The number of rotatable bonds is 4. The van der Waals surface area contributed by atoms with Gasteiger partial charge in [-0.3, -0.25) is 14.3 Å². The molecule has 6 nitrogen and oxygen atoms in total. The summed E-state index contributed by atoms with van der Waals surface area (Å²) in [6.45, 7) is -0.363.